The molecule has 0 radical (unpaired) electrons. The van der Waals surface area contributed by atoms with Crippen molar-refractivity contribution in [3.8, 4) is 11.5 Å². The molecule has 0 spiro atoms. The van der Waals surface area contributed by atoms with E-state index in [1.54, 1.807) is 19.1 Å². The molecule has 6 nitrogen and oxygen atoms in total. The molecule has 6 heteroatoms. The first-order valence-electron chi connectivity index (χ1n) is 9.32. The highest BCUT2D eigenvalue weighted by Crippen LogP contribution is 2.18. The van der Waals surface area contributed by atoms with Gasteiger partial charge in [0.15, 0.2) is 6.61 Å². The third-order valence-electron chi connectivity index (χ3n) is 4.47. The Morgan fingerprint density at radius 1 is 1.11 bits per heavy atom. The lowest BCUT2D eigenvalue weighted by molar-refractivity contribution is -0.142. The Labute approximate surface area is 166 Å². The fraction of sp³-hybridized carbons (Fsp3) is 0.364. The number of methoxy groups -OCH3 is 1. The fourth-order valence-corrected chi connectivity index (χ4v) is 2.99. The summed E-state index contributed by atoms with van der Waals surface area (Å²) in [7, 11) is 3.17. The van der Waals surface area contributed by atoms with Gasteiger partial charge in [-0.1, -0.05) is 31.2 Å². The number of amides is 2. The first-order chi connectivity index (χ1) is 13.5. The number of hydrogen-bond acceptors (Lipinski definition) is 4. The number of nitrogens with one attached hydrogen (secondary N) is 1. The summed E-state index contributed by atoms with van der Waals surface area (Å²) in [6, 6.07) is 14.4. The molecule has 0 bridgehead atoms. The summed E-state index contributed by atoms with van der Waals surface area (Å²) < 4.78 is 10.9. The molecule has 2 amide bonds. The third-order valence-corrected chi connectivity index (χ3v) is 4.47. The van der Waals surface area contributed by atoms with Crippen LogP contribution in [-0.4, -0.2) is 43.5 Å². The van der Waals surface area contributed by atoms with Crippen molar-refractivity contribution in [2.24, 2.45) is 0 Å². The lowest BCUT2D eigenvalue weighted by Gasteiger charge is -2.30. The second-order valence-corrected chi connectivity index (χ2v) is 6.52. The van der Waals surface area contributed by atoms with Gasteiger partial charge in [-0.25, -0.2) is 0 Å². The molecule has 0 fully saturated rings. The molecule has 150 valence electrons. The zero-order chi connectivity index (χ0) is 20.5. The van der Waals surface area contributed by atoms with Crippen LogP contribution in [0.25, 0.3) is 0 Å². The number of nitrogens with zero attached hydrogens (tertiary/aromatic N) is 1. The number of hydrogen-bond donors (Lipinski definition) is 1. The van der Waals surface area contributed by atoms with Crippen LogP contribution in [0.15, 0.2) is 48.5 Å². The molecule has 0 aliphatic rings. The van der Waals surface area contributed by atoms with E-state index >= 15 is 0 Å². The fourth-order valence-electron chi connectivity index (χ4n) is 2.99. The first-order valence-corrected chi connectivity index (χ1v) is 9.32. The summed E-state index contributed by atoms with van der Waals surface area (Å²) in [5.74, 6) is 0.880. The van der Waals surface area contributed by atoms with Gasteiger partial charge in [-0.15, -0.1) is 0 Å². The zero-order valence-electron chi connectivity index (χ0n) is 16.9. The molecule has 1 atom stereocenters. The van der Waals surface area contributed by atoms with Gasteiger partial charge >= 0.3 is 0 Å². The molecule has 0 saturated carbocycles. The molecule has 0 saturated heterocycles. The Balaban J connectivity index is 2.20. The second kappa shape index (κ2) is 10.3. The van der Waals surface area contributed by atoms with E-state index in [-0.39, 0.29) is 18.4 Å². The lowest BCUT2D eigenvalue weighted by atomic mass is 10.1. The smallest absolute Gasteiger partial charge is 0.261 e. The average Bonchev–Trinajstić information content (AvgIpc) is 2.71. The normalized spacial score (nSPS) is 11.4. The lowest BCUT2D eigenvalue weighted by Crippen LogP contribution is -2.49. The standard InChI is InChI=1S/C22H28N2O4/c1-5-20(22(26)23-3)24(14-17-9-7-10-18(13-17)27-4)21(25)15-28-19-11-6-8-16(2)12-19/h6-13,20H,5,14-15H2,1-4H3,(H,23,26)/t20-/m0/s1. The van der Waals surface area contributed by atoms with Crippen LogP contribution < -0.4 is 14.8 Å². The molecule has 0 aliphatic heterocycles. The van der Waals surface area contributed by atoms with Gasteiger partial charge in [-0.05, 0) is 48.7 Å². The molecular formula is C22H28N2O4. The van der Waals surface area contributed by atoms with Crippen molar-refractivity contribution in [1.29, 1.82) is 0 Å². The van der Waals surface area contributed by atoms with Gasteiger partial charge in [0.05, 0.1) is 7.11 Å². The second-order valence-electron chi connectivity index (χ2n) is 6.52. The van der Waals surface area contributed by atoms with Crippen LogP contribution in [0.1, 0.15) is 24.5 Å². The Bertz CT molecular complexity index is 807. The molecule has 28 heavy (non-hydrogen) atoms. The van der Waals surface area contributed by atoms with Crippen LogP contribution in [0.3, 0.4) is 0 Å². The highest BCUT2D eigenvalue weighted by atomic mass is 16.5. The van der Waals surface area contributed by atoms with E-state index in [4.69, 9.17) is 9.47 Å². The highest BCUT2D eigenvalue weighted by Gasteiger charge is 2.28. The predicted molar refractivity (Wildman–Crippen MR) is 108 cm³/mol. The maximum atomic E-state index is 13.0. The van der Waals surface area contributed by atoms with Crippen molar-refractivity contribution >= 4 is 11.8 Å². The van der Waals surface area contributed by atoms with E-state index in [1.807, 2.05) is 62.4 Å². The van der Waals surface area contributed by atoms with Gasteiger partial charge in [0.25, 0.3) is 5.91 Å². The molecule has 2 aromatic carbocycles. The van der Waals surface area contributed by atoms with Crippen molar-refractivity contribution in [3.05, 3.63) is 59.7 Å². The van der Waals surface area contributed by atoms with E-state index in [0.717, 1.165) is 11.1 Å². The van der Waals surface area contributed by atoms with Crippen LogP contribution in [0, 0.1) is 6.92 Å². The van der Waals surface area contributed by atoms with E-state index < -0.39 is 6.04 Å². The quantitative estimate of drug-likeness (QED) is 0.722. The summed E-state index contributed by atoms with van der Waals surface area (Å²) >= 11 is 0. The van der Waals surface area contributed by atoms with E-state index in [9.17, 15) is 9.59 Å². The number of carbonyl (C=O) groups excluding carboxylic acids is 2. The maximum absolute atomic E-state index is 13.0. The molecular weight excluding hydrogens is 356 g/mol. The van der Waals surface area contributed by atoms with Gasteiger partial charge in [-0.3, -0.25) is 9.59 Å². The van der Waals surface area contributed by atoms with Crippen molar-refractivity contribution in [1.82, 2.24) is 10.2 Å². The van der Waals surface area contributed by atoms with Crippen LogP contribution in [0.4, 0.5) is 0 Å². The van der Waals surface area contributed by atoms with Crippen LogP contribution in [0.2, 0.25) is 0 Å². The van der Waals surface area contributed by atoms with Gasteiger partial charge in [0.1, 0.15) is 17.5 Å². The summed E-state index contributed by atoms with van der Waals surface area (Å²) in [6.07, 6.45) is 0.500. The summed E-state index contributed by atoms with van der Waals surface area (Å²) in [5.41, 5.74) is 1.93. The van der Waals surface area contributed by atoms with Gasteiger partial charge in [0, 0.05) is 13.6 Å². The molecule has 0 heterocycles. The Morgan fingerprint density at radius 2 is 1.82 bits per heavy atom. The van der Waals surface area contributed by atoms with E-state index in [1.165, 1.54) is 0 Å². The monoisotopic (exact) mass is 384 g/mol. The van der Waals surface area contributed by atoms with Gasteiger partial charge < -0.3 is 19.7 Å². The van der Waals surface area contributed by atoms with E-state index in [2.05, 4.69) is 5.32 Å². The highest BCUT2D eigenvalue weighted by molar-refractivity contribution is 5.88. The number of carbonyl (C=O) groups is 2. The Hall–Kier alpha value is -3.02. The molecule has 0 aliphatic carbocycles. The topological polar surface area (TPSA) is 67.9 Å². The van der Waals surface area contributed by atoms with Crippen LogP contribution in [-0.2, 0) is 16.1 Å². The largest absolute Gasteiger partial charge is 0.497 e. The number of ether oxygens (including phenoxy) is 2. The molecule has 2 rings (SSSR count). The number of likely N-dealkylation sites (N-methyl/N-ethyl adjacent to an activating group) is 1. The van der Waals surface area contributed by atoms with Gasteiger partial charge in [0.2, 0.25) is 5.91 Å². The predicted octanol–water partition coefficient (Wildman–Crippen LogP) is 2.94. The SMILES string of the molecule is CC[C@@H](C(=O)NC)N(Cc1cccc(OC)c1)C(=O)COc1cccc(C)c1. The van der Waals surface area contributed by atoms with Gasteiger partial charge in [-0.2, -0.15) is 0 Å². The van der Waals surface area contributed by atoms with Crippen molar-refractivity contribution < 1.29 is 19.1 Å². The number of benzene rings is 2. The molecule has 0 aromatic heterocycles. The van der Waals surface area contributed by atoms with E-state index in [0.29, 0.717) is 24.5 Å². The minimum absolute atomic E-state index is 0.138. The molecule has 0 unspecified atom stereocenters. The summed E-state index contributed by atoms with van der Waals surface area (Å²) in [5, 5.41) is 2.64. The number of rotatable bonds is 9. The van der Waals surface area contributed by atoms with Crippen molar-refractivity contribution in [2.75, 3.05) is 20.8 Å². The molecule has 1 N–H and O–H groups in total. The summed E-state index contributed by atoms with van der Waals surface area (Å²) in [4.78, 5) is 26.9. The minimum Gasteiger partial charge on any atom is -0.497 e. The zero-order valence-corrected chi connectivity index (χ0v) is 16.9. The number of aryl methyl sites for hydroxylation is 1. The Morgan fingerprint density at radius 3 is 2.46 bits per heavy atom. The third kappa shape index (κ3) is 5.74. The maximum Gasteiger partial charge on any atom is 0.261 e. The minimum atomic E-state index is -0.579. The molecule has 2 aromatic rings. The summed E-state index contributed by atoms with van der Waals surface area (Å²) in [6.45, 7) is 4.00. The average molecular weight is 384 g/mol. The Kier molecular flexibility index (Phi) is 7.87. The first kappa shape index (κ1) is 21.3. The van der Waals surface area contributed by atoms with Crippen molar-refractivity contribution in [3.63, 3.8) is 0 Å². The van der Waals surface area contributed by atoms with Crippen molar-refractivity contribution in [2.45, 2.75) is 32.9 Å². The van der Waals surface area contributed by atoms with Crippen LogP contribution in [0.5, 0.6) is 11.5 Å². The van der Waals surface area contributed by atoms with Crippen LogP contribution >= 0.6 is 0 Å².